The lowest BCUT2D eigenvalue weighted by Crippen LogP contribution is -2.31. The van der Waals surface area contributed by atoms with Crippen molar-refractivity contribution in [2.45, 2.75) is 89.1 Å². The Labute approximate surface area is 260 Å². The summed E-state index contributed by atoms with van der Waals surface area (Å²) in [6.45, 7) is 6.20. The van der Waals surface area contributed by atoms with Gasteiger partial charge in [0.15, 0.2) is 0 Å². The largest absolute Gasteiger partial charge is 0.341 e. The molecule has 2 aromatic heterocycles. The monoisotopic (exact) mass is 588 g/mol. The molecule has 0 spiro atoms. The molecule has 2 aliphatic carbocycles. The van der Waals surface area contributed by atoms with Gasteiger partial charge in [0.1, 0.15) is 11.6 Å². The highest BCUT2D eigenvalue weighted by molar-refractivity contribution is 5.80. The number of carbonyl (C=O) groups excluding carboxylic acids is 1. The number of nitrogens with zero attached hydrogens (tertiary/aromatic N) is 4. The number of aromatic amines is 2. The van der Waals surface area contributed by atoms with Crippen molar-refractivity contribution in [2.24, 2.45) is 5.92 Å². The van der Waals surface area contributed by atoms with Crippen LogP contribution in [0.2, 0.25) is 0 Å². The fourth-order valence-electron chi connectivity index (χ4n) is 8.71. The van der Waals surface area contributed by atoms with Crippen LogP contribution in [0.5, 0.6) is 0 Å². The second-order valence-electron chi connectivity index (χ2n) is 14.1. The maximum atomic E-state index is 13.0. The van der Waals surface area contributed by atoms with E-state index < -0.39 is 0 Å². The van der Waals surface area contributed by atoms with Gasteiger partial charge in [-0.2, -0.15) is 0 Å². The van der Waals surface area contributed by atoms with Crippen LogP contribution in [-0.2, 0) is 4.79 Å². The van der Waals surface area contributed by atoms with Gasteiger partial charge in [-0.3, -0.25) is 9.69 Å². The van der Waals surface area contributed by atoms with Crippen molar-refractivity contribution in [3.8, 4) is 33.6 Å². The molecule has 8 rings (SSSR count). The van der Waals surface area contributed by atoms with Crippen molar-refractivity contribution in [2.75, 3.05) is 20.1 Å². The zero-order valence-corrected chi connectivity index (χ0v) is 26.3. The highest BCUT2D eigenvalue weighted by Gasteiger charge is 2.41. The average molecular weight is 589 g/mol. The average Bonchev–Trinajstić information content (AvgIpc) is 3.86. The fraction of sp³-hybridized carbons (Fsp3) is 0.486. The number of amides is 1. The van der Waals surface area contributed by atoms with E-state index in [1.165, 1.54) is 59.9 Å². The lowest BCUT2D eigenvalue weighted by Gasteiger charge is -2.24. The molecule has 4 atom stereocenters. The Balaban J connectivity index is 1.08. The topological polar surface area (TPSA) is 80.9 Å². The first-order chi connectivity index (χ1) is 21.4. The van der Waals surface area contributed by atoms with Crippen molar-refractivity contribution in [1.29, 1.82) is 0 Å². The summed E-state index contributed by atoms with van der Waals surface area (Å²) in [5.74, 6) is 3.88. The molecule has 44 heavy (non-hydrogen) atoms. The Morgan fingerprint density at radius 2 is 1.41 bits per heavy atom. The molecule has 0 radical (unpaired) electrons. The number of benzene rings is 2. The Morgan fingerprint density at radius 1 is 0.795 bits per heavy atom. The Kier molecular flexibility index (Phi) is 6.97. The van der Waals surface area contributed by atoms with Crippen LogP contribution < -0.4 is 0 Å². The minimum Gasteiger partial charge on any atom is -0.341 e. The zero-order chi connectivity index (χ0) is 29.9. The summed E-state index contributed by atoms with van der Waals surface area (Å²) in [6, 6.07) is 14.2. The zero-order valence-electron chi connectivity index (χ0n) is 26.3. The lowest BCUT2D eigenvalue weighted by molar-refractivity contribution is -0.133. The third-order valence-electron chi connectivity index (χ3n) is 10.8. The number of rotatable bonds is 7. The Hall–Kier alpha value is -3.71. The first-order valence-electron chi connectivity index (χ1n) is 16.8. The lowest BCUT2D eigenvalue weighted by atomic mass is 9.82. The van der Waals surface area contributed by atoms with Gasteiger partial charge in [-0.05, 0) is 104 Å². The number of H-pyrrole nitrogens is 2. The van der Waals surface area contributed by atoms with E-state index in [4.69, 9.17) is 9.97 Å². The van der Waals surface area contributed by atoms with E-state index in [1.54, 1.807) is 5.56 Å². The molecule has 7 nitrogen and oxygen atoms in total. The van der Waals surface area contributed by atoms with Gasteiger partial charge < -0.3 is 14.9 Å². The number of hydrogen-bond acceptors (Lipinski definition) is 4. The normalized spacial score (nSPS) is 24.6. The van der Waals surface area contributed by atoms with Crippen molar-refractivity contribution in [3.05, 3.63) is 71.6 Å². The number of likely N-dealkylation sites (tertiary alicyclic amines) is 2. The van der Waals surface area contributed by atoms with Crippen LogP contribution >= 0.6 is 0 Å². The molecule has 4 aromatic rings. The number of nitrogens with one attached hydrogen (secondary N) is 2. The first kappa shape index (κ1) is 27.8. The second kappa shape index (κ2) is 11.0. The van der Waals surface area contributed by atoms with Gasteiger partial charge in [0, 0.05) is 18.5 Å². The Bertz CT molecular complexity index is 1680. The van der Waals surface area contributed by atoms with Crippen LogP contribution in [0.3, 0.4) is 0 Å². The van der Waals surface area contributed by atoms with Gasteiger partial charge in [-0.15, -0.1) is 0 Å². The molecule has 2 bridgehead atoms. The van der Waals surface area contributed by atoms with E-state index in [-0.39, 0.29) is 11.9 Å². The van der Waals surface area contributed by atoms with E-state index in [9.17, 15) is 4.79 Å². The number of aromatic nitrogens is 4. The summed E-state index contributed by atoms with van der Waals surface area (Å²) >= 11 is 0. The van der Waals surface area contributed by atoms with Gasteiger partial charge in [-0.1, -0.05) is 50.2 Å². The maximum absolute atomic E-state index is 13.0. The Morgan fingerprint density at radius 3 is 2.14 bits per heavy atom. The molecule has 1 saturated carbocycles. The molecule has 4 heterocycles. The van der Waals surface area contributed by atoms with Gasteiger partial charge >= 0.3 is 0 Å². The van der Waals surface area contributed by atoms with Crippen molar-refractivity contribution >= 4 is 5.91 Å². The summed E-state index contributed by atoms with van der Waals surface area (Å²) in [5, 5.41) is 0. The molecule has 1 amide bonds. The molecule has 228 valence electrons. The van der Waals surface area contributed by atoms with E-state index in [2.05, 4.69) is 77.1 Å². The number of imidazole rings is 2. The summed E-state index contributed by atoms with van der Waals surface area (Å²) in [6.07, 6.45) is 12.8. The van der Waals surface area contributed by atoms with Crippen LogP contribution in [0, 0.1) is 5.92 Å². The van der Waals surface area contributed by atoms with Crippen molar-refractivity contribution < 1.29 is 4.79 Å². The smallest absolute Gasteiger partial charge is 0.223 e. The van der Waals surface area contributed by atoms with Crippen LogP contribution in [0.4, 0.5) is 0 Å². The van der Waals surface area contributed by atoms with Gasteiger partial charge in [0.2, 0.25) is 5.91 Å². The van der Waals surface area contributed by atoms with E-state index in [0.29, 0.717) is 30.2 Å². The van der Waals surface area contributed by atoms with Crippen molar-refractivity contribution in [3.63, 3.8) is 0 Å². The van der Waals surface area contributed by atoms with Crippen LogP contribution in [-0.4, -0.2) is 55.8 Å². The third kappa shape index (κ3) is 4.71. The number of hydrogen-bond donors (Lipinski definition) is 2. The predicted molar refractivity (Wildman–Crippen MR) is 174 cm³/mol. The maximum Gasteiger partial charge on any atom is 0.223 e. The summed E-state index contributed by atoms with van der Waals surface area (Å²) in [5.41, 5.74) is 10.4. The molecular weight excluding hydrogens is 544 g/mol. The van der Waals surface area contributed by atoms with Gasteiger partial charge in [-0.25, -0.2) is 9.97 Å². The van der Waals surface area contributed by atoms with Crippen LogP contribution in [0.1, 0.15) is 112 Å². The molecule has 4 aliphatic rings. The van der Waals surface area contributed by atoms with Crippen LogP contribution in [0.15, 0.2) is 48.8 Å². The molecule has 2 N–H and O–H groups in total. The molecular formula is C37H44N6O. The van der Waals surface area contributed by atoms with E-state index >= 15 is 0 Å². The van der Waals surface area contributed by atoms with Crippen LogP contribution in [0.25, 0.3) is 33.6 Å². The SMILES string of the molecule is CC(C)CC(=O)N1CCCC1c1ncc(-c2ccc(-c3ccc(-c4cnc([C@@H]5CCCN5C)[nH]4)cc3)c3c2C2CCC3C2)[nH]1. The van der Waals surface area contributed by atoms with Gasteiger partial charge in [0.05, 0.1) is 35.9 Å². The number of carbonyl (C=O) groups is 1. The predicted octanol–water partition coefficient (Wildman–Crippen LogP) is 7.97. The first-order valence-corrected chi connectivity index (χ1v) is 16.8. The standard InChI is InChI=1S/C37H44N6O/c1-22(2)18-33(44)43-17-5-7-32(43)37-39-21-30(41-37)28-15-14-27(34-25-12-13-26(19-25)35(28)34)23-8-10-24(11-9-23)29-20-38-36(40-29)31-6-4-16-42(31)3/h8-11,14-15,20-22,25-26,31-32H,4-7,12-13,16-19H2,1-3H3,(H,38,40)(H,39,41)/t25?,26?,31-,32?/m0/s1. The highest BCUT2D eigenvalue weighted by Crippen LogP contribution is 2.58. The summed E-state index contributed by atoms with van der Waals surface area (Å²) in [4.78, 5) is 34.3. The van der Waals surface area contributed by atoms with Gasteiger partial charge in [0.25, 0.3) is 0 Å². The molecule has 7 heteroatoms. The molecule has 2 aromatic carbocycles. The molecule has 2 saturated heterocycles. The van der Waals surface area contributed by atoms with E-state index in [1.807, 2.05) is 12.4 Å². The molecule has 3 unspecified atom stereocenters. The number of fused-ring (bicyclic) bond motifs is 5. The summed E-state index contributed by atoms with van der Waals surface area (Å²) < 4.78 is 0. The van der Waals surface area contributed by atoms with E-state index in [0.717, 1.165) is 49.0 Å². The molecule has 2 aliphatic heterocycles. The quantitative estimate of drug-likeness (QED) is 0.229. The minimum absolute atomic E-state index is 0.0577. The third-order valence-corrected chi connectivity index (χ3v) is 10.8. The minimum atomic E-state index is 0.0577. The highest BCUT2D eigenvalue weighted by atomic mass is 16.2. The molecule has 3 fully saturated rings. The van der Waals surface area contributed by atoms with Crippen molar-refractivity contribution in [1.82, 2.24) is 29.7 Å². The second-order valence-corrected chi connectivity index (χ2v) is 14.1. The summed E-state index contributed by atoms with van der Waals surface area (Å²) in [7, 11) is 2.19. The fourth-order valence-corrected chi connectivity index (χ4v) is 8.71.